The van der Waals surface area contributed by atoms with E-state index in [1.165, 1.54) is 22.3 Å². The second-order valence-corrected chi connectivity index (χ2v) is 4.21. The van der Waals surface area contributed by atoms with Crippen LogP contribution in [0.1, 0.15) is 11.1 Å². The van der Waals surface area contributed by atoms with E-state index in [9.17, 15) is 0 Å². The number of azo groups is 1. The monoisotopic (exact) mass is 233 g/mol. The van der Waals surface area contributed by atoms with Crippen molar-refractivity contribution in [1.82, 2.24) is 4.98 Å². The van der Waals surface area contributed by atoms with Gasteiger partial charge in [0.2, 0.25) is 11.0 Å². The van der Waals surface area contributed by atoms with E-state index in [4.69, 9.17) is 5.11 Å². The Morgan fingerprint density at radius 1 is 1.31 bits per heavy atom. The highest BCUT2D eigenvalue weighted by Gasteiger charge is 1.96. The molecule has 2 rings (SSSR count). The van der Waals surface area contributed by atoms with Gasteiger partial charge in [0.15, 0.2) is 0 Å². The highest BCUT2D eigenvalue weighted by molar-refractivity contribution is 7.13. The first-order valence-electron chi connectivity index (χ1n) is 4.81. The molecule has 1 aromatic carbocycles. The lowest BCUT2D eigenvalue weighted by Gasteiger charge is -1.95. The normalized spacial score (nSPS) is 11.1. The number of aromatic hydroxyl groups is 1. The quantitative estimate of drug-likeness (QED) is 0.825. The first-order valence-corrected chi connectivity index (χ1v) is 5.69. The number of thiazole rings is 1. The van der Waals surface area contributed by atoms with Crippen molar-refractivity contribution >= 4 is 16.5 Å². The SMILES string of the molecule is Cc1ccc(CN=Nc2nc(O)cs2)cc1. The van der Waals surface area contributed by atoms with Crippen LogP contribution in [0.4, 0.5) is 5.13 Å². The third-order valence-corrected chi connectivity index (χ3v) is 2.72. The van der Waals surface area contributed by atoms with Crippen LogP contribution in [0.2, 0.25) is 0 Å². The Morgan fingerprint density at radius 3 is 2.69 bits per heavy atom. The van der Waals surface area contributed by atoms with Gasteiger partial charge in [-0.3, -0.25) is 0 Å². The Kier molecular flexibility index (Phi) is 3.26. The smallest absolute Gasteiger partial charge is 0.232 e. The molecule has 1 aromatic heterocycles. The van der Waals surface area contributed by atoms with E-state index in [2.05, 4.69) is 15.2 Å². The zero-order valence-electron chi connectivity index (χ0n) is 8.79. The number of aryl methyl sites for hydroxylation is 1. The van der Waals surface area contributed by atoms with Crippen molar-refractivity contribution in [3.8, 4) is 5.88 Å². The van der Waals surface area contributed by atoms with Crippen LogP contribution < -0.4 is 0 Å². The number of hydrogen-bond donors (Lipinski definition) is 1. The van der Waals surface area contributed by atoms with Crippen molar-refractivity contribution in [3.05, 3.63) is 40.8 Å². The zero-order chi connectivity index (χ0) is 11.4. The van der Waals surface area contributed by atoms with Crippen LogP contribution in [0, 0.1) is 6.92 Å². The maximum Gasteiger partial charge on any atom is 0.232 e. The Labute approximate surface area is 97.3 Å². The molecule has 2 aromatic rings. The van der Waals surface area contributed by atoms with Crippen LogP contribution in [0.25, 0.3) is 0 Å². The molecule has 0 aliphatic carbocycles. The Bertz CT molecular complexity index is 490. The van der Waals surface area contributed by atoms with Gasteiger partial charge in [-0.2, -0.15) is 10.1 Å². The first-order chi connectivity index (χ1) is 7.74. The van der Waals surface area contributed by atoms with Crippen LogP contribution in [0.3, 0.4) is 0 Å². The van der Waals surface area contributed by atoms with Gasteiger partial charge in [0, 0.05) is 0 Å². The van der Waals surface area contributed by atoms with Gasteiger partial charge in [-0.15, -0.1) is 5.11 Å². The van der Waals surface area contributed by atoms with Crippen LogP contribution in [-0.2, 0) is 6.54 Å². The molecule has 4 nitrogen and oxygen atoms in total. The second-order valence-electron chi connectivity index (χ2n) is 3.37. The molecule has 0 bridgehead atoms. The zero-order valence-corrected chi connectivity index (χ0v) is 9.61. The molecule has 0 atom stereocenters. The van der Waals surface area contributed by atoms with E-state index in [0.717, 1.165) is 5.56 Å². The van der Waals surface area contributed by atoms with Gasteiger partial charge in [0.05, 0.1) is 11.9 Å². The predicted molar refractivity (Wildman–Crippen MR) is 63.2 cm³/mol. The van der Waals surface area contributed by atoms with Crippen LogP contribution in [0.15, 0.2) is 39.9 Å². The average Bonchev–Trinajstić information content (AvgIpc) is 2.67. The summed E-state index contributed by atoms with van der Waals surface area (Å²) in [6, 6.07) is 8.13. The standard InChI is InChI=1S/C11H11N3OS/c1-8-2-4-9(5-3-8)6-12-14-11-13-10(15)7-16-11/h2-5,7,15H,6H2,1H3. The number of hydrogen-bond acceptors (Lipinski definition) is 5. The van der Waals surface area contributed by atoms with E-state index in [-0.39, 0.29) is 5.88 Å². The van der Waals surface area contributed by atoms with Gasteiger partial charge >= 0.3 is 0 Å². The van der Waals surface area contributed by atoms with Gasteiger partial charge in [-0.05, 0) is 12.5 Å². The van der Waals surface area contributed by atoms with Gasteiger partial charge in [-0.1, -0.05) is 41.2 Å². The van der Waals surface area contributed by atoms with Crippen molar-refractivity contribution in [3.63, 3.8) is 0 Å². The molecule has 0 aliphatic heterocycles. The maximum atomic E-state index is 9.00. The first kappa shape index (κ1) is 10.8. The summed E-state index contributed by atoms with van der Waals surface area (Å²) < 4.78 is 0. The van der Waals surface area contributed by atoms with E-state index in [1.54, 1.807) is 0 Å². The molecule has 1 heterocycles. The van der Waals surface area contributed by atoms with Crippen LogP contribution in [-0.4, -0.2) is 10.1 Å². The summed E-state index contributed by atoms with van der Waals surface area (Å²) in [5, 5.41) is 18.9. The fraction of sp³-hybridized carbons (Fsp3) is 0.182. The molecule has 0 spiro atoms. The number of aromatic nitrogens is 1. The highest BCUT2D eigenvalue weighted by Crippen LogP contribution is 2.22. The number of rotatable bonds is 3. The fourth-order valence-electron chi connectivity index (χ4n) is 1.17. The molecular weight excluding hydrogens is 222 g/mol. The van der Waals surface area contributed by atoms with Gasteiger partial charge in [-0.25, -0.2) is 0 Å². The molecular formula is C11H11N3OS. The number of nitrogens with zero attached hydrogens (tertiary/aromatic N) is 3. The Balaban J connectivity index is 1.97. The minimum atomic E-state index is -0.00529. The lowest BCUT2D eigenvalue weighted by Crippen LogP contribution is -1.80. The Hall–Kier alpha value is -1.75. The van der Waals surface area contributed by atoms with Gasteiger partial charge < -0.3 is 5.11 Å². The van der Waals surface area contributed by atoms with Crippen molar-refractivity contribution in [2.45, 2.75) is 13.5 Å². The molecule has 1 N–H and O–H groups in total. The van der Waals surface area contributed by atoms with Gasteiger partial charge in [0.1, 0.15) is 0 Å². The third-order valence-electron chi connectivity index (χ3n) is 2.01. The molecule has 0 saturated heterocycles. The summed E-state index contributed by atoms with van der Waals surface area (Å²) >= 11 is 1.27. The summed E-state index contributed by atoms with van der Waals surface area (Å²) in [6.45, 7) is 2.57. The summed E-state index contributed by atoms with van der Waals surface area (Å²) in [6.07, 6.45) is 0. The average molecular weight is 233 g/mol. The minimum absolute atomic E-state index is 0.00529. The molecule has 82 valence electrons. The molecule has 0 amide bonds. The summed E-state index contributed by atoms with van der Waals surface area (Å²) in [4.78, 5) is 3.77. The molecule has 16 heavy (non-hydrogen) atoms. The minimum Gasteiger partial charge on any atom is -0.493 e. The fourth-order valence-corrected chi connectivity index (χ4v) is 1.69. The van der Waals surface area contributed by atoms with Crippen molar-refractivity contribution < 1.29 is 5.11 Å². The molecule has 0 fully saturated rings. The summed E-state index contributed by atoms with van der Waals surface area (Å²) in [5.41, 5.74) is 2.33. The molecule has 0 radical (unpaired) electrons. The van der Waals surface area contributed by atoms with E-state index < -0.39 is 0 Å². The van der Waals surface area contributed by atoms with E-state index in [1.807, 2.05) is 31.2 Å². The van der Waals surface area contributed by atoms with Crippen molar-refractivity contribution in [2.75, 3.05) is 0 Å². The van der Waals surface area contributed by atoms with Crippen molar-refractivity contribution in [2.24, 2.45) is 10.2 Å². The van der Waals surface area contributed by atoms with E-state index in [0.29, 0.717) is 11.7 Å². The summed E-state index contributed by atoms with van der Waals surface area (Å²) in [5.74, 6) is -0.00529. The number of benzene rings is 1. The van der Waals surface area contributed by atoms with Gasteiger partial charge in [0.25, 0.3) is 0 Å². The van der Waals surface area contributed by atoms with Crippen molar-refractivity contribution in [1.29, 1.82) is 0 Å². The Morgan fingerprint density at radius 2 is 2.06 bits per heavy atom. The van der Waals surface area contributed by atoms with E-state index >= 15 is 0 Å². The largest absolute Gasteiger partial charge is 0.493 e. The lowest BCUT2D eigenvalue weighted by molar-refractivity contribution is 0.457. The lowest BCUT2D eigenvalue weighted by atomic mass is 10.2. The topological polar surface area (TPSA) is 57.8 Å². The molecule has 0 saturated carbocycles. The third kappa shape index (κ3) is 2.87. The highest BCUT2D eigenvalue weighted by atomic mass is 32.1. The molecule has 0 aliphatic rings. The van der Waals surface area contributed by atoms with Crippen LogP contribution in [0.5, 0.6) is 5.88 Å². The second kappa shape index (κ2) is 4.85. The molecule has 0 unspecified atom stereocenters. The van der Waals surface area contributed by atoms with Crippen LogP contribution >= 0.6 is 11.3 Å². The predicted octanol–water partition coefficient (Wildman–Crippen LogP) is 3.44. The maximum absolute atomic E-state index is 9.00. The summed E-state index contributed by atoms with van der Waals surface area (Å²) in [7, 11) is 0. The molecule has 5 heteroatoms.